The molecule has 0 atom stereocenters. The summed E-state index contributed by atoms with van der Waals surface area (Å²) in [5, 5.41) is 26.7. The topological polar surface area (TPSA) is 142 Å². The van der Waals surface area contributed by atoms with Crippen LogP contribution in [0.25, 0.3) is 0 Å². The zero-order valence-electron chi connectivity index (χ0n) is 23.9. The van der Waals surface area contributed by atoms with Crippen molar-refractivity contribution in [2.75, 3.05) is 37.6 Å². The van der Waals surface area contributed by atoms with Gasteiger partial charge in [-0.15, -0.1) is 20.4 Å². The van der Waals surface area contributed by atoms with Crippen LogP contribution in [-0.2, 0) is 12.6 Å². The summed E-state index contributed by atoms with van der Waals surface area (Å²) >= 11 is 11.2. The number of carbonyl (C=O) groups is 3. The number of hydrogen-bond acceptors (Lipinski definition) is 8. The highest BCUT2D eigenvalue weighted by molar-refractivity contribution is 6.30. The molecule has 4 aromatic rings. The lowest BCUT2D eigenvalue weighted by Gasteiger charge is -2.35. The SMILES string of the molecule is O=C(NCCc1ccc(Cl)cc1)c1ccc(N2CCN(C(=O)c3ccccc3C(F)(F)F)CC2)nn1.O=C(O)c1ccc(Cl)nn1. The first kappa shape index (κ1) is 34.1. The number of rotatable bonds is 7. The number of amides is 2. The van der Waals surface area contributed by atoms with Crippen molar-refractivity contribution >= 4 is 46.8 Å². The number of aromatic nitrogens is 4. The third-order valence-corrected chi connectivity index (χ3v) is 7.15. The second-order valence-electron chi connectivity index (χ2n) is 9.78. The smallest absolute Gasteiger partial charge is 0.417 e. The minimum atomic E-state index is -4.60. The van der Waals surface area contributed by atoms with Crippen molar-refractivity contribution in [1.29, 1.82) is 0 Å². The van der Waals surface area contributed by atoms with Gasteiger partial charge in [-0.2, -0.15) is 13.2 Å². The highest BCUT2D eigenvalue weighted by Crippen LogP contribution is 2.32. The van der Waals surface area contributed by atoms with Crippen molar-refractivity contribution in [3.63, 3.8) is 0 Å². The highest BCUT2D eigenvalue weighted by Gasteiger charge is 2.36. The van der Waals surface area contributed by atoms with E-state index in [2.05, 4.69) is 25.7 Å². The van der Waals surface area contributed by atoms with Crippen molar-refractivity contribution in [3.8, 4) is 0 Å². The molecule has 2 N–H and O–H groups in total. The summed E-state index contributed by atoms with van der Waals surface area (Å²) in [6.07, 6.45) is -3.96. The molecule has 0 unspecified atom stereocenters. The van der Waals surface area contributed by atoms with Crippen molar-refractivity contribution in [1.82, 2.24) is 30.6 Å². The molecule has 5 rings (SSSR count). The van der Waals surface area contributed by atoms with Gasteiger partial charge in [0, 0.05) is 37.7 Å². The van der Waals surface area contributed by atoms with E-state index < -0.39 is 23.6 Å². The molecule has 2 amide bonds. The van der Waals surface area contributed by atoms with Gasteiger partial charge >= 0.3 is 12.1 Å². The van der Waals surface area contributed by atoms with Gasteiger partial charge in [0.2, 0.25) is 0 Å². The van der Waals surface area contributed by atoms with Crippen LogP contribution in [0.2, 0.25) is 10.2 Å². The van der Waals surface area contributed by atoms with Gasteiger partial charge in [-0.3, -0.25) is 9.59 Å². The van der Waals surface area contributed by atoms with E-state index in [0.29, 0.717) is 36.9 Å². The van der Waals surface area contributed by atoms with Gasteiger partial charge in [-0.25, -0.2) is 4.79 Å². The molecule has 2 aromatic carbocycles. The van der Waals surface area contributed by atoms with Crippen molar-refractivity contribution in [2.24, 2.45) is 0 Å². The molecule has 0 bridgehead atoms. The molecule has 46 heavy (non-hydrogen) atoms. The molecule has 11 nitrogen and oxygen atoms in total. The minimum Gasteiger partial charge on any atom is -0.476 e. The quantitative estimate of drug-likeness (QED) is 0.279. The average molecular weight is 676 g/mol. The first-order valence-electron chi connectivity index (χ1n) is 13.7. The molecule has 1 fully saturated rings. The fraction of sp³-hybridized carbons (Fsp3) is 0.233. The number of carboxylic acid groups (broad SMARTS) is 1. The number of carboxylic acids is 1. The standard InChI is InChI=1S/C25H23ClF3N5O2.C5H3ClN2O2/c26-18-7-5-17(6-8-18)11-12-30-23(35)21-9-10-22(32-31-21)33-13-15-34(16-14-33)24(36)19-3-1-2-4-20(19)25(27,28)29;6-4-2-1-3(5(9)10)7-8-4/h1-10H,11-16H2,(H,30,35);1-2H,(H,9,10). The Hall–Kier alpha value is -4.82. The third-order valence-electron chi connectivity index (χ3n) is 6.70. The van der Waals surface area contributed by atoms with Gasteiger partial charge in [0.05, 0.1) is 11.1 Å². The number of alkyl halides is 3. The number of nitrogens with zero attached hydrogens (tertiary/aromatic N) is 6. The summed E-state index contributed by atoms with van der Waals surface area (Å²) in [6, 6.07) is 18.1. The monoisotopic (exact) mass is 675 g/mol. The van der Waals surface area contributed by atoms with Crippen LogP contribution in [0.15, 0.2) is 72.8 Å². The average Bonchev–Trinajstić information content (AvgIpc) is 3.05. The molecule has 1 aliphatic heterocycles. The normalized spacial score (nSPS) is 13.0. The number of benzene rings is 2. The van der Waals surface area contributed by atoms with Gasteiger partial charge < -0.3 is 20.2 Å². The number of nitrogens with one attached hydrogen (secondary N) is 1. The summed E-state index contributed by atoms with van der Waals surface area (Å²) in [7, 11) is 0. The molecular formula is C30H26Cl2F3N7O4. The minimum absolute atomic E-state index is 0.107. The summed E-state index contributed by atoms with van der Waals surface area (Å²) in [4.78, 5) is 38.5. The van der Waals surface area contributed by atoms with Crippen LogP contribution >= 0.6 is 23.2 Å². The highest BCUT2D eigenvalue weighted by atomic mass is 35.5. The van der Waals surface area contributed by atoms with Crippen molar-refractivity contribution < 1.29 is 32.7 Å². The van der Waals surface area contributed by atoms with Crippen LogP contribution < -0.4 is 10.2 Å². The molecule has 2 aromatic heterocycles. The van der Waals surface area contributed by atoms with E-state index in [9.17, 15) is 27.6 Å². The Morgan fingerprint density at radius 1 is 0.804 bits per heavy atom. The first-order valence-corrected chi connectivity index (χ1v) is 14.5. The van der Waals surface area contributed by atoms with Gasteiger partial charge in [0.15, 0.2) is 22.4 Å². The van der Waals surface area contributed by atoms with E-state index in [1.54, 1.807) is 24.3 Å². The van der Waals surface area contributed by atoms with Crippen LogP contribution in [0.3, 0.4) is 0 Å². The lowest BCUT2D eigenvalue weighted by Crippen LogP contribution is -2.49. The second-order valence-corrected chi connectivity index (χ2v) is 10.6. The Kier molecular flexibility index (Phi) is 11.4. The predicted molar refractivity (Wildman–Crippen MR) is 163 cm³/mol. The Morgan fingerprint density at radius 2 is 1.46 bits per heavy atom. The fourth-order valence-electron chi connectivity index (χ4n) is 4.33. The van der Waals surface area contributed by atoms with Gasteiger partial charge in [-0.05, 0) is 60.5 Å². The summed E-state index contributed by atoms with van der Waals surface area (Å²) < 4.78 is 39.8. The number of aromatic carboxylic acids is 1. The van der Waals surface area contributed by atoms with Gasteiger partial charge in [0.25, 0.3) is 11.8 Å². The van der Waals surface area contributed by atoms with Crippen LogP contribution in [0.4, 0.5) is 19.0 Å². The molecule has 1 saturated heterocycles. The molecule has 16 heteroatoms. The van der Waals surface area contributed by atoms with Crippen LogP contribution in [0, 0.1) is 0 Å². The molecule has 240 valence electrons. The van der Waals surface area contributed by atoms with E-state index in [1.165, 1.54) is 35.2 Å². The third kappa shape index (κ3) is 9.34. The Balaban J connectivity index is 0.000000409. The largest absolute Gasteiger partial charge is 0.476 e. The number of halogens is 5. The van der Waals surface area contributed by atoms with Crippen molar-refractivity contribution in [2.45, 2.75) is 12.6 Å². The zero-order valence-corrected chi connectivity index (χ0v) is 25.4. The van der Waals surface area contributed by atoms with Crippen LogP contribution in [0.5, 0.6) is 0 Å². The summed E-state index contributed by atoms with van der Waals surface area (Å²) in [5.74, 6) is -1.58. The lowest BCUT2D eigenvalue weighted by molar-refractivity contribution is -0.138. The first-order chi connectivity index (χ1) is 21.9. The van der Waals surface area contributed by atoms with Gasteiger partial charge in [-0.1, -0.05) is 47.5 Å². The van der Waals surface area contributed by atoms with E-state index >= 15 is 0 Å². The molecule has 3 heterocycles. The Labute approximate surface area is 271 Å². The lowest BCUT2D eigenvalue weighted by atomic mass is 10.1. The van der Waals surface area contributed by atoms with Gasteiger partial charge in [0.1, 0.15) is 0 Å². The molecule has 0 radical (unpaired) electrons. The summed E-state index contributed by atoms with van der Waals surface area (Å²) in [6.45, 7) is 1.65. The van der Waals surface area contributed by atoms with E-state index in [-0.39, 0.29) is 41.1 Å². The fourth-order valence-corrected chi connectivity index (χ4v) is 4.56. The van der Waals surface area contributed by atoms with Crippen molar-refractivity contribution in [3.05, 3.63) is 111 Å². The number of hydrogen-bond donors (Lipinski definition) is 2. The summed E-state index contributed by atoms with van der Waals surface area (Å²) in [5.41, 5.74) is -0.188. The zero-order chi connectivity index (χ0) is 33.3. The maximum Gasteiger partial charge on any atom is 0.417 e. The predicted octanol–water partition coefficient (Wildman–Crippen LogP) is 4.91. The maximum absolute atomic E-state index is 13.3. The molecule has 1 aliphatic rings. The van der Waals surface area contributed by atoms with E-state index in [0.717, 1.165) is 11.6 Å². The van der Waals surface area contributed by atoms with Crippen LogP contribution in [0.1, 0.15) is 42.5 Å². The number of piperazine rings is 1. The molecular weight excluding hydrogens is 650 g/mol. The molecule has 0 spiro atoms. The number of carbonyl (C=O) groups excluding carboxylic acids is 2. The van der Waals surface area contributed by atoms with Crippen LogP contribution in [-0.4, -0.2) is 80.9 Å². The number of anilines is 1. The van der Waals surface area contributed by atoms with E-state index in [4.69, 9.17) is 28.3 Å². The Bertz CT molecular complexity index is 1650. The molecule has 0 saturated carbocycles. The molecule has 0 aliphatic carbocycles. The maximum atomic E-state index is 13.3. The van der Waals surface area contributed by atoms with E-state index in [1.807, 2.05) is 17.0 Å². The Morgan fingerprint density at radius 3 is 2.04 bits per heavy atom. The second kappa shape index (κ2) is 15.5.